The van der Waals surface area contributed by atoms with Gasteiger partial charge in [0.05, 0.1) is 18.5 Å². The van der Waals surface area contributed by atoms with E-state index in [0.717, 1.165) is 11.8 Å². The Morgan fingerprint density at radius 2 is 1.68 bits per heavy atom. The van der Waals surface area contributed by atoms with Crippen LogP contribution in [0.15, 0.2) is 54.6 Å². The quantitative estimate of drug-likeness (QED) is 0.785. The van der Waals surface area contributed by atoms with Crippen LogP contribution in [0.3, 0.4) is 0 Å². The summed E-state index contributed by atoms with van der Waals surface area (Å²) in [6.45, 7) is 1.70. The van der Waals surface area contributed by atoms with Crippen LogP contribution in [0.25, 0.3) is 0 Å². The van der Waals surface area contributed by atoms with Crippen molar-refractivity contribution in [3.05, 3.63) is 65.7 Å². The molecule has 0 spiro atoms. The Morgan fingerprint density at radius 1 is 1.05 bits per heavy atom. The molecule has 4 nitrogen and oxygen atoms in total. The van der Waals surface area contributed by atoms with Gasteiger partial charge in [-0.15, -0.1) is 12.4 Å². The van der Waals surface area contributed by atoms with E-state index >= 15 is 0 Å². The molecule has 2 aromatic rings. The number of hydrogen-bond acceptors (Lipinski definition) is 3. The van der Waals surface area contributed by atoms with Crippen molar-refractivity contribution in [1.29, 1.82) is 0 Å². The van der Waals surface area contributed by atoms with E-state index in [2.05, 4.69) is 0 Å². The number of halogens is 1. The van der Waals surface area contributed by atoms with Crippen LogP contribution in [0.2, 0.25) is 0 Å². The second kappa shape index (κ2) is 7.42. The minimum atomic E-state index is -3.44. The topological polar surface area (TPSA) is 54.5 Å². The number of carbonyl (C=O) groups excluding carboxylic acids is 1. The lowest BCUT2D eigenvalue weighted by molar-refractivity contribution is 0.101. The van der Waals surface area contributed by atoms with Gasteiger partial charge in [-0.25, -0.2) is 8.42 Å². The lowest BCUT2D eigenvalue weighted by atomic mass is 10.1. The summed E-state index contributed by atoms with van der Waals surface area (Å²) in [5, 5.41) is 0. The molecule has 2 aromatic carbocycles. The fraction of sp³-hybridized carbons (Fsp3) is 0.188. The first-order valence-corrected chi connectivity index (χ1v) is 8.35. The minimum absolute atomic E-state index is 0. The zero-order valence-corrected chi connectivity index (χ0v) is 14.0. The molecule has 6 heteroatoms. The largest absolute Gasteiger partial charge is 0.295 e. The van der Waals surface area contributed by atoms with Crippen molar-refractivity contribution in [3.8, 4) is 0 Å². The van der Waals surface area contributed by atoms with E-state index in [1.54, 1.807) is 24.3 Å². The van der Waals surface area contributed by atoms with Crippen molar-refractivity contribution >= 4 is 33.9 Å². The molecule has 0 saturated heterocycles. The smallest absolute Gasteiger partial charge is 0.232 e. The van der Waals surface area contributed by atoms with E-state index in [4.69, 9.17) is 0 Å². The molecule has 0 unspecified atom stereocenters. The summed E-state index contributed by atoms with van der Waals surface area (Å²) < 4.78 is 25.4. The molecule has 0 aliphatic carbocycles. The number of nitrogens with zero attached hydrogens (tertiary/aromatic N) is 1. The first kappa shape index (κ1) is 18.2. The normalized spacial score (nSPS) is 10.6. The van der Waals surface area contributed by atoms with Gasteiger partial charge < -0.3 is 0 Å². The second-order valence-electron chi connectivity index (χ2n) is 4.86. The van der Waals surface area contributed by atoms with Crippen molar-refractivity contribution in [1.82, 2.24) is 0 Å². The van der Waals surface area contributed by atoms with Gasteiger partial charge in [-0.1, -0.05) is 42.5 Å². The number of benzene rings is 2. The summed E-state index contributed by atoms with van der Waals surface area (Å²) in [6.07, 6.45) is 1.16. The second-order valence-corrected chi connectivity index (χ2v) is 6.77. The van der Waals surface area contributed by atoms with Crippen LogP contribution in [0, 0.1) is 0 Å². The van der Waals surface area contributed by atoms with Crippen LogP contribution in [0.1, 0.15) is 22.8 Å². The van der Waals surface area contributed by atoms with Gasteiger partial charge in [0.1, 0.15) is 0 Å². The fourth-order valence-corrected chi connectivity index (χ4v) is 2.91. The average Bonchev–Trinajstić information content (AvgIpc) is 2.45. The average molecular weight is 340 g/mol. The Hall–Kier alpha value is -1.85. The number of hydrogen-bond donors (Lipinski definition) is 0. The lowest BCUT2D eigenvalue weighted by Crippen LogP contribution is -2.29. The molecule has 2 rings (SSSR count). The van der Waals surface area contributed by atoms with Gasteiger partial charge in [0.15, 0.2) is 5.78 Å². The zero-order valence-electron chi connectivity index (χ0n) is 12.4. The highest BCUT2D eigenvalue weighted by Crippen LogP contribution is 2.22. The summed E-state index contributed by atoms with van der Waals surface area (Å²) in [5.41, 5.74) is 1.87. The van der Waals surface area contributed by atoms with Gasteiger partial charge in [-0.05, 0) is 24.6 Å². The molecule has 0 atom stereocenters. The maximum atomic E-state index is 12.1. The van der Waals surface area contributed by atoms with Gasteiger partial charge in [0.25, 0.3) is 0 Å². The molecule has 0 aliphatic heterocycles. The van der Waals surface area contributed by atoms with Crippen LogP contribution in [0.5, 0.6) is 0 Å². The highest BCUT2D eigenvalue weighted by atomic mass is 35.5. The van der Waals surface area contributed by atoms with Gasteiger partial charge >= 0.3 is 0 Å². The van der Waals surface area contributed by atoms with Crippen molar-refractivity contribution < 1.29 is 13.2 Å². The number of Topliss-reactive ketones (excluding diaryl/α,β-unsaturated/α-hetero) is 1. The molecule has 0 aliphatic rings. The molecule has 0 saturated carbocycles. The number of sulfonamides is 1. The molecular weight excluding hydrogens is 322 g/mol. The first-order chi connectivity index (χ1) is 9.88. The standard InChI is InChI=1S/C16H17NO3S.ClH/c1-13(18)15-9-6-10-16(11-15)17(21(2,19)20)12-14-7-4-3-5-8-14;/h3-11H,12H2,1-2H3;1H. The molecule has 0 heterocycles. The predicted molar refractivity (Wildman–Crippen MR) is 91.2 cm³/mol. The van der Waals surface area contributed by atoms with E-state index in [1.807, 2.05) is 30.3 Å². The van der Waals surface area contributed by atoms with E-state index in [0.29, 0.717) is 11.3 Å². The third-order valence-electron chi connectivity index (χ3n) is 3.11. The van der Waals surface area contributed by atoms with E-state index < -0.39 is 10.0 Å². The Balaban J connectivity index is 0.00000242. The van der Waals surface area contributed by atoms with Gasteiger partial charge in [-0.2, -0.15) is 0 Å². The predicted octanol–water partition coefficient (Wildman–Crippen LogP) is 3.28. The minimum Gasteiger partial charge on any atom is -0.295 e. The first-order valence-electron chi connectivity index (χ1n) is 6.50. The lowest BCUT2D eigenvalue weighted by Gasteiger charge is -2.23. The highest BCUT2D eigenvalue weighted by Gasteiger charge is 2.18. The summed E-state index contributed by atoms with van der Waals surface area (Å²) in [4.78, 5) is 11.5. The molecule has 0 fully saturated rings. The van der Waals surface area contributed by atoms with E-state index in [1.165, 1.54) is 11.2 Å². The molecule has 22 heavy (non-hydrogen) atoms. The third kappa shape index (κ3) is 4.58. The maximum absolute atomic E-state index is 12.1. The van der Waals surface area contributed by atoms with Crippen LogP contribution >= 0.6 is 12.4 Å². The molecule has 118 valence electrons. The van der Waals surface area contributed by atoms with Crippen LogP contribution in [-0.4, -0.2) is 20.5 Å². The van der Waals surface area contributed by atoms with Crippen LogP contribution < -0.4 is 4.31 Å². The van der Waals surface area contributed by atoms with E-state index in [9.17, 15) is 13.2 Å². The Labute approximate surface area is 137 Å². The fourth-order valence-electron chi connectivity index (χ4n) is 2.03. The van der Waals surface area contributed by atoms with Gasteiger partial charge in [-0.3, -0.25) is 9.10 Å². The highest BCUT2D eigenvalue weighted by molar-refractivity contribution is 7.92. The monoisotopic (exact) mass is 339 g/mol. The number of carbonyl (C=O) groups is 1. The van der Waals surface area contributed by atoms with Crippen molar-refractivity contribution in [2.24, 2.45) is 0 Å². The summed E-state index contributed by atoms with van der Waals surface area (Å²) >= 11 is 0. The van der Waals surface area contributed by atoms with Gasteiger partial charge in [0.2, 0.25) is 10.0 Å². The molecular formula is C16H18ClNO3S. The molecule has 0 N–H and O–H groups in total. The SMILES string of the molecule is CC(=O)c1cccc(N(Cc2ccccc2)S(C)(=O)=O)c1.Cl. The summed E-state index contributed by atoms with van der Waals surface area (Å²) in [6, 6.07) is 16.0. The Kier molecular flexibility index (Phi) is 6.14. The molecule has 0 amide bonds. The molecule has 0 bridgehead atoms. The molecule has 0 aromatic heterocycles. The maximum Gasteiger partial charge on any atom is 0.232 e. The summed E-state index contributed by atoms with van der Waals surface area (Å²) in [7, 11) is -3.44. The molecule has 0 radical (unpaired) electrons. The number of ketones is 1. The van der Waals surface area contributed by atoms with Crippen LogP contribution in [-0.2, 0) is 16.6 Å². The third-order valence-corrected chi connectivity index (χ3v) is 4.25. The summed E-state index contributed by atoms with van der Waals surface area (Å²) in [5.74, 6) is -0.0926. The van der Waals surface area contributed by atoms with Gasteiger partial charge in [0, 0.05) is 5.56 Å². The Morgan fingerprint density at radius 3 is 2.23 bits per heavy atom. The van der Waals surface area contributed by atoms with Crippen LogP contribution in [0.4, 0.5) is 5.69 Å². The Bertz CT molecular complexity index is 745. The van der Waals surface area contributed by atoms with Crippen molar-refractivity contribution in [3.63, 3.8) is 0 Å². The van der Waals surface area contributed by atoms with Crippen molar-refractivity contribution in [2.75, 3.05) is 10.6 Å². The zero-order chi connectivity index (χ0) is 15.5. The van der Waals surface area contributed by atoms with E-state index in [-0.39, 0.29) is 24.7 Å². The number of anilines is 1. The number of rotatable bonds is 5. The van der Waals surface area contributed by atoms with Crippen molar-refractivity contribution in [2.45, 2.75) is 13.5 Å².